The van der Waals surface area contributed by atoms with Crippen LogP contribution >= 0.6 is 0 Å². The largest absolute Gasteiger partial charge is 0.394 e. The first-order chi connectivity index (χ1) is 26.8. The maximum atomic E-state index is 12.7. The van der Waals surface area contributed by atoms with Crippen molar-refractivity contribution in [2.75, 3.05) is 13.2 Å². The van der Waals surface area contributed by atoms with Gasteiger partial charge in [0.15, 0.2) is 6.29 Å². The van der Waals surface area contributed by atoms with Gasteiger partial charge in [-0.3, -0.25) is 4.79 Å². The Labute approximate surface area is 336 Å². The Morgan fingerprint density at radius 1 is 0.600 bits per heavy atom. The van der Waals surface area contributed by atoms with Crippen molar-refractivity contribution in [1.29, 1.82) is 0 Å². The minimum absolute atomic E-state index is 0.205. The van der Waals surface area contributed by atoms with Gasteiger partial charge in [0.25, 0.3) is 0 Å². The van der Waals surface area contributed by atoms with Gasteiger partial charge in [0.2, 0.25) is 5.91 Å². The van der Waals surface area contributed by atoms with Crippen LogP contribution in [0.15, 0.2) is 36.5 Å². The molecular weight excluding hydrogens is 695 g/mol. The number of rotatable bonds is 37. The molecule has 0 saturated carbocycles. The van der Waals surface area contributed by atoms with E-state index in [2.05, 4.69) is 43.5 Å². The molecule has 55 heavy (non-hydrogen) atoms. The average molecular weight is 780 g/mol. The lowest BCUT2D eigenvalue weighted by Gasteiger charge is -2.40. The van der Waals surface area contributed by atoms with Crippen LogP contribution in [0, 0.1) is 0 Å². The maximum Gasteiger partial charge on any atom is 0.220 e. The molecule has 0 radical (unpaired) electrons. The van der Waals surface area contributed by atoms with Gasteiger partial charge in [0.05, 0.1) is 25.4 Å². The van der Waals surface area contributed by atoms with E-state index in [1.54, 1.807) is 6.08 Å². The quantitative estimate of drug-likeness (QED) is 0.0270. The van der Waals surface area contributed by atoms with Crippen molar-refractivity contribution >= 4 is 5.91 Å². The molecule has 1 heterocycles. The van der Waals surface area contributed by atoms with Crippen LogP contribution in [0.4, 0.5) is 0 Å². The summed E-state index contributed by atoms with van der Waals surface area (Å²) >= 11 is 0. The highest BCUT2D eigenvalue weighted by atomic mass is 16.7. The van der Waals surface area contributed by atoms with Gasteiger partial charge in [-0.05, 0) is 44.9 Å². The summed E-state index contributed by atoms with van der Waals surface area (Å²) < 4.78 is 11.1. The zero-order chi connectivity index (χ0) is 40.2. The zero-order valence-electron chi connectivity index (χ0n) is 35.2. The van der Waals surface area contributed by atoms with Gasteiger partial charge < -0.3 is 40.3 Å². The number of carbonyl (C=O) groups excluding carboxylic acids is 1. The number of aliphatic hydroxyl groups is 5. The van der Waals surface area contributed by atoms with Crippen molar-refractivity contribution in [3.8, 4) is 0 Å². The molecule has 1 saturated heterocycles. The third-order valence-corrected chi connectivity index (χ3v) is 10.7. The van der Waals surface area contributed by atoms with E-state index >= 15 is 0 Å². The van der Waals surface area contributed by atoms with Crippen LogP contribution in [0.5, 0.6) is 0 Å². The minimum Gasteiger partial charge on any atom is -0.394 e. The second kappa shape index (κ2) is 36.7. The SMILES string of the molecule is CCCCCCCCCCCCCCCCCCC/C=C/CC/C=C/CC/C=C/C(O)C(COC1OC(CO)C(O)C(O)C1O)NC(=O)CCCCCCC. The number of allylic oxidation sites excluding steroid dienone is 5. The summed E-state index contributed by atoms with van der Waals surface area (Å²) in [5.41, 5.74) is 0. The molecule has 1 aliphatic heterocycles. The topological polar surface area (TPSA) is 149 Å². The van der Waals surface area contributed by atoms with Crippen LogP contribution in [0.25, 0.3) is 0 Å². The fraction of sp³-hybridized carbons (Fsp3) is 0.848. The third kappa shape index (κ3) is 27.6. The second-order valence-corrected chi connectivity index (χ2v) is 15.8. The van der Waals surface area contributed by atoms with Crippen molar-refractivity contribution in [3.05, 3.63) is 36.5 Å². The van der Waals surface area contributed by atoms with E-state index in [4.69, 9.17) is 9.47 Å². The van der Waals surface area contributed by atoms with Crippen molar-refractivity contribution in [2.45, 2.75) is 236 Å². The molecule has 9 heteroatoms. The van der Waals surface area contributed by atoms with Crippen LogP contribution in [0.3, 0.4) is 0 Å². The van der Waals surface area contributed by atoms with Gasteiger partial charge in [0, 0.05) is 6.42 Å². The van der Waals surface area contributed by atoms with Gasteiger partial charge in [0.1, 0.15) is 24.4 Å². The Morgan fingerprint density at radius 3 is 1.53 bits per heavy atom. The van der Waals surface area contributed by atoms with E-state index in [0.717, 1.165) is 57.8 Å². The summed E-state index contributed by atoms with van der Waals surface area (Å²) in [6.07, 6.45) is 38.3. The molecule has 322 valence electrons. The third-order valence-electron chi connectivity index (χ3n) is 10.7. The lowest BCUT2D eigenvalue weighted by Crippen LogP contribution is -2.60. The molecule has 0 aromatic rings. The first kappa shape index (κ1) is 51.4. The number of unbranched alkanes of at least 4 members (excludes halogenated alkanes) is 23. The molecular formula is C46H85NO8. The molecule has 0 spiro atoms. The monoisotopic (exact) mass is 780 g/mol. The highest BCUT2D eigenvalue weighted by Crippen LogP contribution is 2.22. The van der Waals surface area contributed by atoms with Crippen LogP contribution in [-0.2, 0) is 14.3 Å². The summed E-state index contributed by atoms with van der Waals surface area (Å²) in [6, 6.07) is -0.821. The molecule has 1 amide bonds. The van der Waals surface area contributed by atoms with Crippen molar-refractivity contribution in [3.63, 3.8) is 0 Å². The van der Waals surface area contributed by atoms with Gasteiger partial charge in [-0.2, -0.15) is 0 Å². The number of nitrogens with one attached hydrogen (secondary N) is 1. The number of ether oxygens (including phenoxy) is 2. The first-order valence-electron chi connectivity index (χ1n) is 22.7. The maximum absolute atomic E-state index is 12.7. The molecule has 1 rings (SSSR count). The Hall–Kier alpha value is -1.59. The Morgan fingerprint density at radius 2 is 1.04 bits per heavy atom. The molecule has 1 fully saturated rings. The molecule has 0 bridgehead atoms. The van der Waals surface area contributed by atoms with Gasteiger partial charge in [-0.25, -0.2) is 0 Å². The predicted octanol–water partition coefficient (Wildman–Crippen LogP) is 9.28. The molecule has 7 atom stereocenters. The van der Waals surface area contributed by atoms with Gasteiger partial charge >= 0.3 is 0 Å². The molecule has 0 aliphatic carbocycles. The highest BCUT2D eigenvalue weighted by Gasteiger charge is 2.44. The van der Waals surface area contributed by atoms with Crippen LogP contribution in [-0.4, -0.2) is 87.5 Å². The zero-order valence-corrected chi connectivity index (χ0v) is 35.2. The highest BCUT2D eigenvalue weighted by molar-refractivity contribution is 5.76. The normalized spacial score (nSPS) is 21.6. The average Bonchev–Trinajstić information content (AvgIpc) is 3.18. The van der Waals surface area contributed by atoms with Gasteiger partial charge in [-0.15, -0.1) is 0 Å². The smallest absolute Gasteiger partial charge is 0.220 e. The van der Waals surface area contributed by atoms with E-state index in [1.807, 2.05) is 6.08 Å². The number of hydrogen-bond donors (Lipinski definition) is 6. The summed E-state index contributed by atoms with van der Waals surface area (Å²) in [7, 11) is 0. The van der Waals surface area contributed by atoms with Crippen LogP contribution in [0.2, 0.25) is 0 Å². The minimum atomic E-state index is -1.57. The Bertz CT molecular complexity index is 956. The lowest BCUT2D eigenvalue weighted by atomic mass is 9.99. The summed E-state index contributed by atoms with van der Waals surface area (Å²) in [4.78, 5) is 12.7. The van der Waals surface area contributed by atoms with E-state index in [1.165, 1.54) is 116 Å². The molecule has 7 unspecified atom stereocenters. The standard InChI is InChI=1S/C46H85NO8/c1-3-5-7-9-10-11-12-13-14-15-16-17-18-19-20-21-22-23-24-25-26-27-28-29-30-32-33-35-40(49)39(47-42(50)36-34-31-8-6-4-2)38-54-46-45(53)44(52)43(51)41(37-48)55-46/h24-25,28-29,33,35,39-41,43-46,48-49,51-53H,3-23,26-27,30-32,34,36-38H2,1-2H3,(H,47,50)/b25-24+,29-28+,35-33+. The van der Waals surface area contributed by atoms with E-state index in [0.29, 0.717) is 6.42 Å². The predicted molar refractivity (Wildman–Crippen MR) is 226 cm³/mol. The summed E-state index contributed by atoms with van der Waals surface area (Å²) in [5.74, 6) is -0.205. The molecule has 0 aromatic heterocycles. The van der Waals surface area contributed by atoms with E-state index in [-0.39, 0.29) is 12.5 Å². The van der Waals surface area contributed by atoms with E-state index < -0.39 is 49.5 Å². The number of aliphatic hydroxyl groups excluding tert-OH is 5. The summed E-state index contributed by atoms with van der Waals surface area (Å²) in [6.45, 7) is 3.65. The second-order valence-electron chi connectivity index (χ2n) is 15.8. The van der Waals surface area contributed by atoms with Crippen LogP contribution < -0.4 is 5.32 Å². The summed E-state index contributed by atoms with van der Waals surface area (Å²) in [5, 5.41) is 53.7. The first-order valence-corrected chi connectivity index (χ1v) is 22.7. The van der Waals surface area contributed by atoms with Crippen molar-refractivity contribution in [2.24, 2.45) is 0 Å². The Kier molecular flexibility index (Phi) is 34.3. The van der Waals surface area contributed by atoms with E-state index in [9.17, 15) is 30.3 Å². The molecule has 0 aromatic carbocycles. The van der Waals surface area contributed by atoms with Crippen LogP contribution in [0.1, 0.15) is 194 Å². The molecule has 6 N–H and O–H groups in total. The van der Waals surface area contributed by atoms with Crippen molar-refractivity contribution in [1.82, 2.24) is 5.32 Å². The fourth-order valence-electron chi connectivity index (χ4n) is 7.01. The molecule has 9 nitrogen and oxygen atoms in total. The number of hydrogen-bond acceptors (Lipinski definition) is 8. The lowest BCUT2D eigenvalue weighted by molar-refractivity contribution is -0.302. The fourth-order valence-corrected chi connectivity index (χ4v) is 7.01. The Balaban J connectivity index is 2.21. The number of carbonyl (C=O) groups is 1. The number of amides is 1. The molecule has 1 aliphatic rings. The van der Waals surface area contributed by atoms with Crippen molar-refractivity contribution < 1.29 is 39.8 Å². The van der Waals surface area contributed by atoms with Gasteiger partial charge in [-0.1, -0.05) is 179 Å².